The Kier molecular flexibility index (Phi) is 9.22. The van der Waals surface area contributed by atoms with Gasteiger partial charge in [0.25, 0.3) is 0 Å². The predicted octanol–water partition coefficient (Wildman–Crippen LogP) is 4.16. The molecule has 2 aliphatic heterocycles. The van der Waals surface area contributed by atoms with Crippen LogP contribution in [0.2, 0.25) is 0 Å². The summed E-state index contributed by atoms with van der Waals surface area (Å²) in [6.07, 6.45) is 3.79. The van der Waals surface area contributed by atoms with Crippen LogP contribution in [0.3, 0.4) is 0 Å². The molecule has 148 valence electrons. The molecule has 0 aliphatic carbocycles. The van der Waals surface area contributed by atoms with Crippen molar-refractivity contribution < 1.29 is 9.53 Å². The van der Waals surface area contributed by atoms with Crippen LogP contribution < -0.4 is 4.90 Å². The second kappa shape index (κ2) is 10.4. The molecule has 1 aromatic rings. The van der Waals surface area contributed by atoms with Gasteiger partial charge in [-0.2, -0.15) is 0 Å². The van der Waals surface area contributed by atoms with E-state index < -0.39 is 0 Å². The fourth-order valence-electron chi connectivity index (χ4n) is 4.02. The number of carbonyl (C=O) groups excluding carboxylic acids is 1. The molecule has 4 nitrogen and oxygen atoms in total. The summed E-state index contributed by atoms with van der Waals surface area (Å²) >= 11 is 0. The number of nitrogens with zero attached hydrogens (tertiary/aromatic N) is 2. The zero-order valence-electron chi connectivity index (χ0n) is 15.9. The molecule has 2 fully saturated rings. The van der Waals surface area contributed by atoms with Gasteiger partial charge >= 0.3 is 5.97 Å². The molecule has 0 aromatic heterocycles. The lowest BCUT2D eigenvalue weighted by Gasteiger charge is -2.36. The van der Waals surface area contributed by atoms with Gasteiger partial charge in [0.05, 0.1) is 5.41 Å². The summed E-state index contributed by atoms with van der Waals surface area (Å²) in [5, 5.41) is 0. The molecule has 2 saturated heterocycles. The molecular weight excluding hydrogens is 371 g/mol. The van der Waals surface area contributed by atoms with Gasteiger partial charge in [0.1, 0.15) is 6.10 Å². The lowest BCUT2D eigenvalue weighted by Crippen LogP contribution is -2.47. The van der Waals surface area contributed by atoms with E-state index in [1.54, 1.807) is 0 Å². The van der Waals surface area contributed by atoms with E-state index >= 15 is 0 Å². The van der Waals surface area contributed by atoms with Gasteiger partial charge in [0.15, 0.2) is 0 Å². The van der Waals surface area contributed by atoms with Crippen LogP contribution in [-0.2, 0) is 9.53 Å². The Balaban J connectivity index is 0.00000169. The minimum absolute atomic E-state index is 0. The molecule has 3 rings (SSSR count). The number of esters is 1. The van der Waals surface area contributed by atoms with Gasteiger partial charge in [-0.05, 0) is 31.4 Å². The molecule has 1 aromatic carbocycles. The van der Waals surface area contributed by atoms with Crippen molar-refractivity contribution in [2.75, 3.05) is 37.6 Å². The first-order chi connectivity index (χ1) is 11.7. The van der Waals surface area contributed by atoms with E-state index in [2.05, 4.69) is 54.0 Å². The van der Waals surface area contributed by atoms with Crippen molar-refractivity contribution >= 4 is 36.5 Å². The quantitative estimate of drug-likeness (QED) is 0.668. The maximum absolute atomic E-state index is 12.2. The molecule has 2 heterocycles. The van der Waals surface area contributed by atoms with Crippen molar-refractivity contribution in [2.24, 2.45) is 5.41 Å². The van der Waals surface area contributed by atoms with Crippen molar-refractivity contribution in [1.82, 2.24) is 4.90 Å². The highest BCUT2D eigenvalue weighted by molar-refractivity contribution is 5.85. The molecule has 0 amide bonds. The number of ether oxygens (including phenoxy) is 1. The standard InChI is InChI=1S/C20H30N2O2.2ClH/c1-3-20(4-2)16-18(24-19(20)23)10-11-21-12-14-22(15-13-21)17-8-6-5-7-9-17;;/h5-9,18H,3-4,10-16H2,1-2H3;2*1H. The number of carbonyl (C=O) groups is 1. The lowest BCUT2D eigenvalue weighted by molar-refractivity contribution is -0.149. The first-order valence-corrected chi connectivity index (χ1v) is 9.40. The van der Waals surface area contributed by atoms with Gasteiger partial charge in [-0.25, -0.2) is 0 Å². The number of rotatable bonds is 6. The fourth-order valence-corrected chi connectivity index (χ4v) is 4.02. The van der Waals surface area contributed by atoms with Crippen molar-refractivity contribution in [3.8, 4) is 0 Å². The molecular formula is C20H32Cl2N2O2. The van der Waals surface area contributed by atoms with Crippen molar-refractivity contribution in [2.45, 2.75) is 45.6 Å². The number of piperazine rings is 1. The Morgan fingerprint density at radius 3 is 2.19 bits per heavy atom. The largest absolute Gasteiger partial charge is 0.462 e. The molecule has 0 radical (unpaired) electrons. The first-order valence-electron chi connectivity index (χ1n) is 9.40. The van der Waals surface area contributed by atoms with Gasteiger partial charge in [0.2, 0.25) is 0 Å². The van der Waals surface area contributed by atoms with Crippen LogP contribution in [0.15, 0.2) is 30.3 Å². The zero-order chi connectivity index (χ0) is 17.0. The monoisotopic (exact) mass is 402 g/mol. The SMILES string of the molecule is CCC1(CC)CC(CCN2CCN(c3ccccc3)CC2)OC1=O.Cl.Cl. The topological polar surface area (TPSA) is 32.8 Å². The van der Waals surface area contributed by atoms with E-state index in [1.807, 2.05) is 0 Å². The smallest absolute Gasteiger partial charge is 0.312 e. The third kappa shape index (κ3) is 5.05. The highest BCUT2D eigenvalue weighted by Crippen LogP contribution is 2.41. The van der Waals surface area contributed by atoms with Crippen LogP contribution >= 0.6 is 24.8 Å². The maximum Gasteiger partial charge on any atom is 0.312 e. The molecule has 6 heteroatoms. The highest BCUT2D eigenvalue weighted by Gasteiger charge is 2.46. The number of benzene rings is 1. The average Bonchev–Trinajstić information content (AvgIpc) is 2.97. The van der Waals surface area contributed by atoms with Gasteiger partial charge < -0.3 is 9.64 Å². The van der Waals surface area contributed by atoms with E-state index in [4.69, 9.17) is 4.74 Å². The van der Waals surface area contributed by atoms with E-state index in [0.29, 0.717) is 0 Å². The summed E-state index contributed by atoms with van der Waals surface area (Å²) in [5.74, 6) is 0.0337. The Morgan fingerprint density at radius 1 is 1.04 bits per heavy atom. The van der Waals surface area contributed by atoms with Gasteiger partial charge in [-0.1, -0.05) is 32.0 Å². The Bertz CT molecular complexity index is 544. The number of hydrogen-bond donors (Lipinski definition) is 0. The van der Waals surface area contributed by atoms with Crippen molar-refractivity contribution in [3.05, 3.63) is 30.3 Å². The molecule has 1 unspecified atom stereocenters. The third-order valence-electron chi connectivity index (χ3n) is 5.94. The van der Waals surface area contributed by atoms with Gasteiger partial charge in [-0.15, -0.1) is 24.8 Å². The van der Waals surface area contributed by atoms with Crippen LogP contribution in [-0.4, -0.2) is 49.7 Å². The highest BCUT2D eigenvalue weighted by atomic mass is 35.5. The van der Waals surface area contributed by atoms with E-state index in [1.165, 1.54) is 5.69 Å². The number of cyclic esters (lactones) is 1. The van der Waals surface area contributed by atoms with Gasteiger partial charge in [0, 0.05) is 44.8 Å². The number of halogens is 2. The Hall–Kier alpha value is -0.970. The second-order valence-electron chi connectivity index (χ2n) is 7.17. The lowest BCUT2D eigenvalue weighted by atomic mass is 9.79. The summed E-state index contributed by atoms with van der Waals surface area (Å²) in [7, 11) is 0. The maximum atomic E-state index is 12.2. The van der Waals surface area contributed by atoms with Gasteiger partial charge in [-0.3, -0.25) is 9.69 Å². The summed E-state index contributed by atoms with van der Waals surface area (Å²) in [4.78, 5) is 17.1. The van der Waals surface area contributed by atoms with Crippen LogP contribution in [0.5, 0.6) is 0 Å². The van der Waals surface area contributed by atoms with Crippen molar-refractivity contribution in [1.29, 1.82) is 0 Å². The summed E-state index contributed by atoms with van der Waals surface area (Å²) in [5.41, 5.74) is 1.11. The number of hydrogen-bond acceptors (Lipinski definition) is 4. The van der Waals surface area contributed by atoms with Crippen LogP contribution in [0, 0.1) is 5.41 Å². The van der Waals surface area contributed by atoms with Crippen LogP contribution in [0.4, 0.5) is 5.69 Å². The van der Waals surface area contributed by atoms with E-state index in [0.717, 1.165) is 58.4 Å². The minimum atomic E-state index is -0.212. The molecule has 0 saturated carbocycles. The molecule has 2 aliphatic rings. The fraction of sp³-hybridized carbons (Fsp3) is 0.650. The molecule has 1 atom stereocenters. The number of anilines is 1. The third-order valence-corrected chi connectivity index (χ3v) is 5.94. The molecule has 0 N–H and O–H groups in total. The summed E-state index contributed by atoms with van der Waals surface area (Å²) in [6.45, 7) is 9.56. The normalized spacial score (nSPS) is 22.3. The average molecular weight is 403 g/mol. The molecule has 0 spiro atoms. The van der Waals surface area contributed by atoms with Crippen LogP contribution in [0.1, 0.15) is 39.5 Å². The van der Waals surface area contributed by atoms with E-state index in [-0.39, 0.29) is 42.3 Å². The first kappa shape index (κ1) is 23.1. The number of para-hydroxylation sites is 1. The van der Waals surface area contributed by atoms with Crippen LogP contribution in [0.25, 0.3) is 0 Å². The second-order valence-corrected chi connectivity index (χ2v) is 7.17. The Morgan fingerprint density at radius 2 is 1.65 bits per heavy atom. The summed E-state index contributed by atoms with van der Waals surface area (Å²) in [6, 6.07) is 10.6. The van der Waals surface area contributed by atoms with E-state index in [9.17, 15) is 4.79 Å². The minimum Gasteiger partial charge on any atom is -0.462 e. The predicted molar refractivity (Wildman–Crippen MR) is 112 cm³/mol. The Labute approximate surface area is 170 Å². The molecule has 26 heavy (non-hydrogen) atoms. The molecule has 0 bridgehead atoms. The summed E-state index contributed by atoms with van der Waals surface area (Å²) < 4.78 is 5.66. The zero-order valence-corrected chi connectivity index (χ0v) is 17.5. The van der Waals surface area contributed by atoms with Crippen molar-refractivity contribution in [3.63, 3.8) is 0 Å².